The zero-order chi connectivity index (χ0) is 70.2. The molecule has 0 spiro atoms. The second-order valence-corrected chi connectivity index (χ2v) is 27.0. The third-order valence-electron chi connectivity index (χ3n) is 18.6. The summed E-state index contributed by atoms with van der Waals surface area (Å²) in [5.41, 5.74) is 1.35. The van der Waals surface area contributed by atoms with Crippen LogP contribution in [-0.2, 0) is 70.4 Å². The van der Waals surface area contributed by atoms with E-state index in [0.29, 0.717) is 43.5 Å². The van der Waals surface area contributed by atoms with Gasteiger partial charge in [-0.1, -0.05) is 102 Å². The predicted octanol–water partition coefficient (Wildman–Crippen LogP) is 2.31. The average molecular weight is 1310 g/mol. The molecule has 3 aliphatic heterocycles. The fourth-order valence-corrected chi connectivity index (χ4v) is 12.9. The maximum Gasteiger partial charge on any atom is 0.248 e. The van der Waals surface area contributed by atoms with Crippen molar-refractivity contribution in [3.8, 4) is 0 Å². The molecule has 0 saturated carbocycles. The number of carbonyl (C=O) groups excluding carboxylic acids is 12. The van der Waals surface area contributed by atoms with Crippen LogP contribution < -0.4 is 16.0 Å². The summed E-state index contributed by atoms with van der Waals surface area (Å²) in [4.78, 5) is 189. The number of benzene rings is 2. The van der Waals surface area contributed by atoms with Gasteiger partial charge in [-0.25, -0.2) is 0 Å². The molecule has 25 nitrogen and oxygen atoms in total. The Morgan fingerprint density at radius 1 is 0.532 bits per heavy atom. The van der Waals surface area contributed by atoms with Crippen molar-refractivity contribution in [2.24, 2.45) is 17.8 Å². The SMILES string of the molecule is CCN1C(=O)CN(C)C(=O)[C@H]([C@@H](C)O)NC(=O)[C@H](C)N(C)C(=O)C[C@@H](C(=O)N2CCCCC2)NC(=O)[C@H](C(C)C)N(C)C(=O)[C@H](C)NC(=O)[C@H](CC(C)C)N(C)C(=O)[C@@H]2CCCN2C(=O)[C@H](CC(C)C)N(C)C(=O)[C@H](Cc2ccccc2)N(C)C(=O)[C@@H]1Cc1ccccc1. The summed E-state index contributed by atoms with van der Waals surface area (Å²) >= 11 is 0. The minimum atomic E-state index is -1.66. The highest BCUT2D eigenvalue weighted by atomic mass is 16.3. The first-order valence-corrected chi connectivity index (χ1v) is 33.4. The summed E-state index contributed by atoms with van der Waals surface area (Å²) in [6, 6.07) is 5.12. The van der Waals surface area contributed by atoms with E-state index in [0.717, 1.165) is 16.2 Å². The highest BCUT2D eigenvalue weighted by Gasteiger charge is 2.46. The zero-order valence-corrected chi connectivity index (χ0v) is 58.3. The van der Waals surface area contributed by atoms with E-state index < -0.39 is 156 Å². The van der Waals surface area contributed by atoms with E-state index in [-0.39, 0.29) is 57.0 Å². The standard InChI is InChI=1S/C69H106N12O13/c1-17-80-55(39-49-30-23-19-24-31-49)67(92)77(15)54(38-48-28-21-18-22-29-48)66(91)76(14)53(37-43(4)5)68(93)81-35-27-32-51(81)65(90)75(13)52(36-42(2)3)61(86)70-45(8)63(88)78(16)59(44(6)7)62(87)71-50(64(89)79-33-25-20-26-34-79)40-56(83)74(12)46(9)60(85)72-58(47(10)82)69(94)73(11)41-57(80)84/h18-19,21-24,28-31,42-47,50-55,58-59,82H,17,20,25-27,32-41H2,1-16H3,(H,70,86)(H,71,87)(H,72,85)/t45-,46-,47+,50-,51-,52-,53-,54-,55-,58-,59-/m0/s1. The number of likely N-dealkylation sites (tertiary alicyclic amines) is 1. The molecule has 12 amide bonds. The number of rotatable bonds is 12. The molecule has 2 aromatic rings. The van der Waals surface area contributed by atoms with E-state index in [1.165, 1.54) is 92.5 Å². The van der Waals surface area contributed by atoms with Crippen molar-refractivity contribution in [3.63, 3.8) is 0 Å². The van der Waals surface area contributed by atoms with Gasteiger partial charge in [-0.3, -0.25) is 57.5 Å². The number of carbonyl (C=O) groups is 12. The number of fused-ring (bicyclic) bond motifs is 1. The van der Waals surface area contributed by atoms with Gasteiger partial charge in [-0.15, -0.1) is 0 Å². The molecule has 3 heterocycles. The van der Waals surface area contributed by atoms with Gasteiger partial charge < -0.3 is 65.2 Å². The van der Waals surface area contributed by atoms with E-state index >= 15 is 19.2 Å². The molecule has 0 bridgehead atoms. The summed E-state index contributed by atoms with van der Waals surface area (Å²) < 4.78 is 0. The summed E-state index contributed by atoms with van der Waals surface area (Å²) in [7, 11) is 8.45. The Kier molecular flexibility index (Phi) is 28.6. The molecule has 3 saturated heterocycles. The van der Waals surface area contributed by atoms with Gasteiger partial charge in [0, 0.05) is 81.3 Å². The Balaban J connectivity index is 1.64. The van der Waals surface area contributed by atoms with Gasteiger partial charge in [0.2, 0.25) is 70.9 Å². The molecule has 0 radical (unpaired) electrons. The monoisotopic (exact) mass is 1310 g/mol. The number of nitrogens with zero attached hydrogens (tertiary/aromatic N) is 9. The molecule has 2 aromatic carbocycles. The highest BCUT2D eigenvalue weighted by Crippen LogP contribution is 2.28. The van der Waals surface area contributed by atoms with Crippen molar-refractivity contribution in [2.75, 3.05) is 75.0 Å². The summed E-state index contributed by atoms with van der Waals surface area (Å²) in [6.45, 7) is 16.9. The van der Waals surface area contributed by atoms with Gasteiger partial charge in [-0.05, 0) is 102 Å². The summed E-state index contributed by atoms with van der Waals surface area (Å²) in [6.07, 6.45) is 1.00. The largest absolute Gasteiger partial charge is 0.391 e. The van der Waals surface area contributed by atoms with Crippen molar-refractivity contribution in [2.45, 2.75) is 200 Å². The van der Waals surface area contributed by atoms with Crippen LogP contribution >= 0.6 is 0 Å². The zero-order valence-electron chi connectivity index (χ0n) is 58.3. The number of aliphatic hydroxyl groups is 1. The predicted molar refractivity (Wildman–Crippen MR) is 354 cm³/mol. The fourth-order valence-electron chi connectivity index (χ4n) is 12.9. The molecule has 0 unspecified atom stereocenters. The molecule has 0 aliphatic carbocycles. The lowest BCUT2D eigenvalue weighted by atomic mass is 9.97. The molecule has 0 aromatic heterocycles. The quantitative estimate of drug-likeness (QED) is 0.238. The second kappa shape index (κ2) is 35.0. The third-order valence-corrected chi connectivity index (χ3v) is 18.6. The number of aliphatic hydroxyl groups excluding tert-OH is 1. The number of nitrogens with one attached hydrogen (secondary N) is 3. The molecule has 94 heavy (non-hydrogen) atoms. The van der Waals surface area contributed by atoms with Crippen molar-refractivity contribution in [1.82, 2.24) is 60.0 Å². The van der Waals surface area contributed by atoms with E-state index in [1.807, 2.05) is 45.9 Å². The van der Waals surface area contributed by atoms with E-state index in [2.05, 4.69) is 16.0 Å². The molecule has 520 valence electrons. The van der Waals surface area contributed by atoms with Crippen LogP contribution in [0.25, 0.3) is 0 Å². The Hall–Kier alpha value is -7.96. The van der Waals surface area contributed by atoms with Crippen LogP contribution in [0.4, 0.5) is 0 Å². The molecule has 3 aliphatic rings. The maximum absolute atomic E-state index is 15.6. The van der Waals surface area contributed by atoms with Crippen LogP contribution in [0.2, 0.25) is 0 Å². The van der Waals surface area contributed by atoms with E-state index in [9.17, 15) is 43.5 Å². The van der Waals surface area contributed by atoms with Crippen molar-refractivity contribution in [1.29, 1.82) is 0 Å². The van der Waals surface area contributed by atoms with Crippen LogP contribution in [0, 0.1) is 17.8 Å². The molecular formula is C69H106N12O13. The Morgan fingerprint density at radius 2 is 1.05 bits per heavy atom. The normalized spacial score (nSPS) is 26.5. The van der Waals surface area contributed by atoms with Gasteiger partial charge in [0.15, 0.2) is 0 Å². The average Bonchev–Trinajstić information content (AvgIpc) is 1.39. The first-order chi connectivity index (χ1) is 44.2. The lowest BCUT2D eigenvalue weighted by Crippen LogP contribution is -2.62. The van der Waals surface area contributed by atoms with Crippen molar-refractivity contribution >= 4 is 70.9 Å². The molecular weight excluding hydrogens is 1200 g/mol. The maximum atomic E-state index is 15.6. The van der Waals surface area contributed by atoms with Gasteiger partial charge in [0.1, 0.15) is 60.4 Å². The van der Waals surface area contributed by atoms with Crippen LogP contribution in [0.15, 0.2) is 60.7 Å². The first kappa shape index (κ1) is 76.7. The van der Waals surface area contributed by atoms with Crippen LogP contribution in [0.5, 0.6) is 0 Å². The smallest absolute Gasteiger partial charge is 0.248 e. The number of piperidine rings is 1. The molecule has 3 fully saturated rings. The first-order valence-electron chi connectivity index (χ1n) is 33.4. The Bertz CT molecular complexity index is 2980. The van der Waals surface area contributed by atoms with E-state index in [4.69, 9.17) is 0 Å². The Labute approximate surface area is 555 Å². The highest BCUT2D eigenvalue weighted by molar-refractivity contribution is 6.00. The molecule has 25 heteroatoms. The van der Waals surface area contributed by atoms with Crippen molar-refractivity contribution in [3.05, 3.63) is 71.8 Å². The minimum absolute atomic E-state index is 0.0127. The fraction of sp³-hybridized carbons (Fsp3) is 0.652. The lowest BCUT2D eigenvalue weighted by molar-refractivity contribution is -0.156. The van der Waals surface area contributed by atoms with Gasteiger partial charge in [0.25, 0.3) is 0 Å². The third kappa shape index (κ3) is 19.6. The lowest BCUT2D eigenvalue weighted by Gasteiger charge is -2.40. The van der Waals surface area contributed by atoms with Gasteiger partial charge in [-0.2, -0.15) is 0 Å². The second-order valence-electron chi connectivity index (χ2n) is 27.0. The van der Waals surface area contributed by atoms with E-state index in [1.54, 1.807) is 68.1 Å². The number of likely N-dealkylation sites (N-methyl/N-ethyl adjacent to an activating group) is 7. The van der Waals surface area contributed by atoms with Crippen molar-refractivity contribution < 1.29 is 62.6 Å². The van der Waals surface area contributed by atoms with Gasteiger partial charge >= 0.3 is 0 Å². The number of hydrogen-bond donors (Lipinski definition) is 4. The van der Waals surface area contributed by atoms with Crippen LogP contribution in [-0.4, -0.2) is 262 Å². The number of amides is 12. The Morgan fingerprint density at radius 3 is 1.59 bits per heavy atom. The molecule has 4 N–H and O–H groups in total. The number of hydrogen-bond acceptors (Lipinski definition) is 13. The molecule has 11 atom stereocenters. The summed E-state index contributed by atoms with van der Waals surface area (Å²) in [5, 5.41) is 19.2. The summed E-state index contributed by atoms with van der Waals surface area (Å²) in [5.74, 6) is -9.07. The van der Waals surface area contributed by atoms with Crippen LogP contribution in [0.3, 0.4) is 0 Å². The minimum Gasteiger partial charge on any atom is -0.391 e. The molecule has 5 rings (SSSR count). The topological polar surface area (TPSA) is 290 Å². The van der Waals surface area contributed by atoms with Gasteiger partial charge in [0.05, 0.1) is 19.1 Å². The van der Waals surface area contributed by atoms with Crippen LogP contribution in [0.1, 0.15) is 132 Å².